The molecule has 0 amide bonds. The number of ether oxygens (including phenoxy) is 1. The fraction of sp³-hybridized carbons (Fsp3) is 0.909. The molecule has 0 aromatic carbocycles. The van der Waals surface area contributed by atoms with Gasteiger partial charge in [-0.3, -0.25) is 4.90 Å². The monoisotopic (exact) mass is 229 g/mol. The molecular weight excluding hydrogens is 206 g/mol. The molecule has 0 saturated carbocycles. The summed E-state index contributed by atoms with van der Waals surface area (Å²) in [6, 6.07) is 0.265. The zero-order valence-corrected chi connectivity index (χ0v) is 10.6. The van der Waals surface area contributed by atoms with Crippen molar-refractivity contribution in [3.63, 3.8) is 0 Å². The van der Waals surface area contributed by atoms with Gasteiger partial charge in [-0.25, -0.2) is 0 Å². The van der Waals surface area contributed by atoms with Crippen LogP contribution in [0.2, 0.25) is 0 Å². The summed E-state index contributed by atoms with van der Waals surface area (Å²) in [5.41, 5.74) is 5.40. The fourth-order valence-electron chi connectivity index (χ4n) is 2.31. The van der Waals surface area contributed by atoms with Gasteiger partial charge in [0.15, 0.2) is 0 Å². The Balaban J connectivity index is 2.59. The Bertz CT molecular complexity index is 266. The fourth-order valence-corrected chi connectivity index (χ4v) is 2.31. The van der Waals surface area contributed by atoms with Gasteiger partial charge < -0.3 is 15.7 Å². The zero-order valence-electron chi connectivity index (χ0n) is 10.6. The van der Waals surface area contributed by atoms with E-state index in [2.05, 4.69) is 37.8 Å². The largest absolute Gasteiger partial charge is 0.409 e. The number of rotatable bonds is 3. The molecule has 0 aromatic heterocycles. The minimum atomic E-state index is -0.128. The second-order valence-electron chi connectivity index (χ2n) is 5.26. The Morgan fingerprint density at radius 1 is 1.69 bits per heavy atom. The Morgan fingerprint density at radius 2 is 2.31 bits per heavy atom. The van der Waals surface area contributed by atoms with E-state index in [0.29, 0.717) is 6.42 Å². The maximum absolute atomic E-state index is 8.56. The second-order valence-corrected chi connectivity index (χ2v) is 5.26. The number of hydrogen-bond acceptors (Lipinski definition) is 4. The summed E-state index contributed by atoms with van der Waals surface area (Å²) < 4.78 is 5.83. The highest BCUT2D eigenvalue weighted by Gasteiger charge is 2.33. The van der Waals surface area contributed by atoms with Crippen LogP contribution in [-0.4, -0.2) is 46.8 Å². The van der Waals surface area contributed by atoms with Gasteiger partial charge in [-0.1, -0.05) is 5.16 Å². The van der Waals surface area contributed by atoms with Gasteiger partial charge in [-0.15, -0.1) is 0 Å². The maximum Gasteiger partial charge on any atom is 0.140 e. The van der Waals surface area contributed by atoms with Crippen molar-refractivity contribution in [3.8, 4) is 0 Å². The summed E-state index contributed by atoms with van der Waals surface area (Å²) >= 11 is 0. The van der Waals surface area contributed by atoms with Gasteiger partial charge in [-0.05, 0) is 27.7 Å². The van der Waals surface area contributed by atoms with Crippen molar-refractivity contribution in [2.45, 2.75) is 51.9 Å². The molecule has 5 heteroatoms. The Hall–Kier alpha value is -0.810. The molecule has 94 valence electrons. The van der Waals surface area contributed by atoms with Crippen LogP contribution in [0, 0.1) is 0 Å². The molecule has 0 bridgehead atoms. The molecule has 5 nitrogen and oxygen atoms in total. The third-order valence-electron chi connectivity index (χ3n) is 2.85. The first-order chi connectivity index (χ1) is 7.34. The topological polar surface area (TPSA) is 71.1 Å². The molecule has 0 aromatic rings. The normalized spacial score (nSPS) is 29.0. The van der Waals surface area contributed by atoms with E-state index in [1.165, 1.54) is 0 Å². The number of nitrogens with two attached hydrogens (primary N) is 1. The molecule has 0 spiro atoms. The summed E-state index contributed by atoms with van der Waals surface area (Å²) in [5, 5.41) is 11.6. The SMILES string of the molecule is CC1CN(C(C)CC(N)=NO)CC(C)(C)O1. The van der Waals surface area contributed by atoms with Crippen LogP contribution in [0.3, 0.4) is 0 Å². The highest BCUT2D eigenvalue weighted by molar-refractivity contribution is 5.80. The molecule has 1 aliphatic heterocycles. The van der Waals surface area contributed by atoms with E-state index in [4.69, 9.17) is 15.7 Å². The quantitative estimate of drug-likeness (QED) is 0.328. The standard InChI is InChI=1S/C11H23N3O2/c1-8(5-10(12)13-15)14-6-9(2)16-11(3,4)7-14/h8-9,15H,5-7H2,1-4H3,(H2,12,13). The third kappa shape index (κ3) is 3.64. The van der Waals surface area contributed by atoms with Gasteiger partial charge in [0.25, 0.3) is 0 Å². The van der Waals surface area contributed by atoms with E-state index in [1.807, 2.05) is 0 Å². The minimum Gasteiger partial charge on any atom is -0.409 e. The van der Waals surface area contributed by atoms with Gasteiger partial charge in [0.2, 0.25) is 0 Å². The Morgan fingerprint density at radius 3 is 2.81 bits per heavy atom. The molecular formula is C11H23N3O2. The predicted molar refractivity (Wildman–Crippen MR) is 63.7 cm³/mol. The molecule has 1 aliphatic rings. The summed E-state index contributed by atoms with van der Waals surface area (Å²) in [6.07, 6.45) is 0.803. The lowest BCUT2D eigenvalue weighted by Crippen LogP contribution is -2.55. The number of nitrogens with zero attached hydrogens (tertiary/aromatic N) is 2. The lowest BCUT2D eigenvalue weighted by atomic mass is 10.0. The van der Waals surface area contributed by atoms with Crippen molar-refractivity contribution in [3.05, 3.63) is 0 Å². The first kappa shape index (κ1) is 13.3. The molecule has 1 saturated heterocycles. The lowest BCUT2D eigenvalue weighted by molar-refractivity contribution is -0.136. The molecule has 0 aliphatic carbocycles. The maximum atomic E-state index is 8.56. The average molecular weight is 229 g/mol. The van der Waals surface area contributed by atoms with Gasteiger partial charge >= 0.3 is 0 Å². The van der Waals surface area contributed by atoms with Crippen LogP contribution >= 0.6 is 0 Å². The molecule has 2 atom stereocenters. The smallest absolute Gasteiger partial charge is 0.140 e. The first-order valence-electron chi connectivity index (χ1n) is 5.72. The van der Waals surface area contributed by atoms with Crippen molar-refractivity contribution in [1.82, 2.24) is 4.90 Å². The van der Waals surface area contributed by atoms with Crippen molar-refractivity contribution < 1.29 is 9.94 Å². The molecule has 0 radical (unpaired) electrons. The van der Waals surface area contributed by atoms with Crippen molar-refractivity contribution in [2.24, 2.45) is 10.9 Å². The summed E-state index contributed by atoms with van der Waals surface area (Å²) in [4.78, 5) is 2.33. The number of hydrogen-bond donors (Lipinski definition) is 2. The molecule has 16 heavy (non-hydrogen) atoms. The zero-order chi connectivity index (χ0) is 12.3. The van der Waals surface area contributed by atoms with Crippen LogP contribution < -0.4 is 5.73 Å². The van der Waals surface area contributed by atoms with E-state index in [-0.39, 0.29) is 23.6 Å². The van der Waals surface area contributed by atoms with Crippen molar-refractivity contribution >= 4 is 5.84 Å². The minimum absolute atomic E-state index is 0.128. The lowest BCUT2D eigenvalue weighted by Gasteiger charge is -2.44. The predicted octanol–water partition coefficient (Wildman–Crippen LogP) is 1.01. The number of amidine groups is 1. The molecule has 1 fully saturated rings. The van der Waals surface area contributed by atoms with Crippen LogP contribution in [0.25, 0.3) is 0 Å². The third-order valence-corrected chi connectivity index (χ3v) is 2.85. The molecule has 1 heterocycles. The van der Waals surface area contributed by atoms with Crippen molar-refractivity contribution in [2.75, 3.05) is 13.1 Å². The van der Waals surface area contributed by atoms with Crippen LogP contribution in [0.15, 0.2) is 5.16 Å². The molecule has 3 N–H and O–H groups in total. The molecule has 2 unspecified atom stereocenters. The van der Waals surface area contributed by atoms with Crippen LogP contribution in [0.1, 0.15) is 34.1 Å². The van der Waals surface area contributed by atoms with Gasteiger partial charge in [0.1, 0.15) is 5.84 Å². The van der Waals surface area contributed by atoms with Crippen LogP contribution in [-0.2, 0) is 4.74 Å². The number of morpholine rings is 1. The summed E-state index contributed by atoms with van der Waals surface area (Å²) in [6.45, 7) is 10.1. The van der Waals surface area contributed by atoms with Gasteiger partial charge in [0.05, 0.1) is 11.7 Å². The highest BCUT2D eigenvalue weighted by atomic mass is 16.5. The van der Waals surface area contributed by atoms with E-state index in [9.17, 15) is 0 Å². The number of oxime groups is 1. The van der Waals surface area contributed by atoms with E-state index in [0.717, 1.165) is 13.1 Å². The Labute approximate surface area is 97.2 Å². The van der Waals surface area contributed by atoms with E-state index < -0.39 is 0 Å². The Kier molecular flexibility index (Phi) is 4.15. The highest BCUT2D eigenvalue weighted by Crippen LogP contribution is 2.23. The van der Waals surface area contributed by atoms with Crippen LogP contribution in [0.5, 0.6) is 0 Å². The van der Waals surface area contributed by atoms with Crippen molar-refractivity contribution in [1.29, 1.82) is 0 Å². The average Bonchev–Trinajstić information content (AvgIpc) is 2.14. The van der Waals surface area contributed by atoms with Gasteiger partial charge in [0, 0.05) is 25.6 Å². The van der Waals surface area contributed by atoms with E-state index in [1.54, 1.807) is 0 Å². The van der Waals surface area contributed by atoms with E-state index >= 15 is 0 Å². The first-order valence-corrected chi connectivity index (χ1v) is 5.72. The summed E-state index contributed by atoms with van der Waals surface area (Å²) in [7, 11) is 0. The van der Waals surface area contributed by atoms with Crippen LogP contribution in [0.4, 0.5) is 0 Å². The molecule has 1 rings (SSSR count). The summed E-state index contributed by atoms with van der Waals surface area (Å²) in [5.74, 6) is 0.282. The second kappa shape index (κ2) is 5.01. The van der Waals surface area contributed by atoms with Gasteiger partial charge in [-0.2, -0.15) is 0 Å².